The summed E-state index contributed by atoms with van der Waals surface area (Å²) >= 11 is 6.09. The van der Waals surface area contributed by atoms with Gasteiger partial charge in [0.1, 0.15) is 11.7 Å². The Labute approximate surface area is 149 Å². The maximum Gasteiger partial charge on any atom is 0.335 e. The van der Waals surface area contributed by atoms with Crippen molar-refractivity contribution in [2.75, 3.05) is 12.0 Å². The highest BCUT2D eigenvalue weighted by atomic mass is 35.5. The van der Waals surface area contributed by atoms with Gasteiger partial charge in [0, 0.05) is 0 Å². The third-order valence-corrected chi connectivity index (χ3v) is 4.28. The second-order valence-electron chi connectivity index (χ2n) is 5.52. The minimum Gasteiger partial charge on any atom is -0.497 e. The van der Waals surface area contributed by atoms with Crippen LogP contribution in [0.5, 0.6) is 5.75 Å². The number of carbonyl (C=O) groups excluding carboxylic acids is 3. The Morgan fingerprint density at radius 1 is 1.08 bits per heavy atom. The van der Waals surface area contributed by atoms with Crippen molar-refractivity contribution >= 4 is 35.1 Å². The van der Waals surface area contributed by atoms with Crippen molar-refractivity contribution in [2.45, 2.75) is 6.42 Å². The minimum atomic E-state index is -1.01. The molecule has 3 rings (SSSR count). The monoisotopic (exact) mass is 358 g/mol. The molecule has 1 fully saturated rings. The number of nitrogens with zero attached hydrogens (tertiary/aromatic N) is 1. The fraction of sp³-hybridized carbons (Fsp3) is 0.167. The van der Waals surface area contributed by atoms with E-state index < -0.39 is 23.8 Å². The van der Waals surface area contributed by atoms with Gasteiger partial charge in [-0.2, -0.15) is 0 Å². The highest BCUT2D eigenvalue weighted by molar-refractivity contribution is 6.36. The number of halogens is 1. The van der Waals surface area contributed by atoms with Crippen molar-refractivity contribution in [1.82, 2.24) is 5.32 Å². The molecule has 1 atom stereocenters. The van der Waals surface area contributed by atoms with Gasteiger partial charge < -0.3 is 4.74 Å². The summed E-state index contributed by atoms with van der Waals surface area (Å²) in [4.78, 5) is 38.0. The molecule has 0 radical (unpaired) electrons. The Hall–Kier alpha value is -2.86. The van der Waals surface area contributed by atoms with Crippen LogP contribution in [0.15, 0.2) is 48.5 Å². The number of barbiturate groups is 1. The molecule has 0 saturated carbocycles. The lowest BCUT2D eigenvalue weighted by Gasteiger charge is -2.30. The average Bonchev–Trinajstić information content (AvgIpc) is 2.60. The zero-order chi connectivity index (χ0) is 18.0. The molecule has 1 aliphatic heterocycles. The van der Waals surface area contributed by atoms with Crippen LogP contribution >= 0.6 is 11.6 Å². The second-order valence-corrected chi connectivity index (χ2v) is 5.93. The molecular weight excluding hydrogens is 344 g/mol. The van der Waals surface area contributed by atoms with Gasteiger partial charge in [-0.25, -0.2) is 9.69 Å². The summed E-state index contributed by atoms with van der Waals surface area (Å²) in [7, 11) is 1.56. The van der Waals surface area contributed by atoms with E-state index in [0.29, 0.717) is 5.75 Å². The van der Waals surface area contributed by atoms with Gasteiger partial charge in [-0.1, -0.05) is 35.9 Å². The first-order chi connectivity index (χ1) is 12.0. The lowest BCUT2D eigenvalue weighted by atomic mass is 9.95. The van der Waals surface area contributed by atoms with Crippen molar-refractivity contribution in [3.8, 4) is 5.75 Å². The first-order valence-electron chi connectivity index (χ1n) is 7.57. The van der Waals surface area contributed by atoms with Crippen LogP contribution in [-0.2, 0) is 16.0 Å². The number of benzene rings is 2. The van der Waals surface area contributed by atoms with Gasteiger partial charge in [0.2, 0.25) is 11.8 Å². The van der Waals surface area contributed by atoms with Crippen LogP contribution in [0.25, 0.3) is 0 Å². The van der Waals surface area contributed by atoms with E-state index in [1.54, 1.807) is 55.6 Å². The van der Waals surface area contributed by atoms with Crippen LogP contribution in [0.3, 0.4) is 0 Å². The molecular formula is C18H15ClN2O4. The van der Waals surface area contributed by atoms with Gasteiger partial charge in [-0.3, -0.25) is 14.9 Å². The molecule has 1 heterocycles. The summed E-state index contributed by atoms with van der Waals surface area (Å²) in [6, 6.07) is 12.7. The molecule has 0 aromatic heterocycles. The zero-order valence-electron chi connectivity index (χ0n) is 13.4. The topological polar surface area (TPSA) is 75.7 Å². The number of nitrogens with one attached hydrogen (secondary N) is 1. The van der Waals surface area contributed by atoms with E-state index in [-0.39, 0.29) is 17.1 Å². The molecule has 1 saturated heterocycles. The molecule has 6 nitrogen and oxygen atoms in total. The van der Waals surface area contributed by atoms with Crippen molar-refractivity contribution in [3.05, 3.63) is 59.1 Å². The summed E-state index contributed by atoms with van der Waals surface area (Å²) < 4.78 is 5.09. The number of urea groups is 1. The summed E-state index contributed by atoms with van der Waals surface area (Å²) in [6.45, 7) is 0. The maximum atomic E-state index is 12.8. The highest BCUT2D eigenvalue weighted by Gasteiger charge is 2.41. The molecule has 2 aromatic carbocycles. The van der Waals surface area contributed by atoms with Crippen LogP contribution in [-0.4, -0.2) is 25.0 Å². The lowest BCUT2D eigenvalue weighted by molar-refractivity contribution is -0.134. The molecule has 7 heteroatoms. The predicted octanol–water partition coefficient (Wildman–Crippen LogP) is 2.79. The Morgan fingerprint density at radius 2 is 1.76 bits per heavy atom. The van der Waals surface area contributed by atoms with E-state index in [2.05, 4.69) is 5.32 Å². The Balaban J connectivity index is 1.88. The van der Waals surface area contributed by atoms with E-state index in [9.17, 15) is 14.4 Å². The number of methoxy groups -OCH3 is 1. The molecule has 1 N–H and O–H groups in total. The molecule has 0 aliphatic carbocycles. The fourth-order valence-corrected chi connectivity index (χ4v) is 2.88. The van der Waals surface area contributed by atoms with Gasteiger partial charge in [0.15, 0.2) is 0 Å². The van der Waals surface area contributed by atoms with Crippen LogP contribution < -0.4 is 15.0 Å². The van der Waals surface area contributed by atoms with Gasteiger partial charge in [-0.05, 0) is 36.2 Å². The van der Waals surface area contributed by atoms with Gasteiger partial charge in [-0.15, -0.1) is 0 Å². The normalized spacial score (nSPS) is 17.4. The number of carbonyl (C=O) groups is 3. The van der Waals surface area contributed by atoms with Crippen LogP contribution in [0.4, 0.5) is 10.5 Å². The number of rotatable bonds is 4. The Kier molecular flexibility index (Phi) is 4.72. The van der Waals surface area contributed by atoms with Gasteiger partial charge >= 0.3 is 6.03 Å². The number of amides is 4. The largest absolute Gasteiger partial charge is 0.497 e. The second kappa shape index (κ2) is 6.94. The quantitative estimate of drug-likeness (QED) is 0.853. The third-order valence-electron chi connectivity index (χ3n) is 3.96. The standard InChI is InChI=1S/C18H15ClN2O4/c1-25-12-8-6-11(7-9-12)10-13-16(22)20-18(24)21(17(13)23)15-5-3-2-4-14(15)19/h2-9,13H,10H2,1H3,(H,20,22,24)/t13-/m0/s1. The fourth-order valence-electron chi connectivity index (χ4n) is 2.65. The molecule has 25 heavy (non-hydrogen) atoms. The van der Waals surface area contributed by atoms with E-state index in [1.165, 1.54) is 0 Å². The van der Waals surface area contributed by atoms with E-state index in [4.69, 9.17) is 16.3 Å². The number of imide groups is 2. The predicted molar refractivity (Wildman–Crippen MR) is 92.7 cm³/mol. The molecule has 0 bridgehead atoms. The molecule has 4 amide bonds. The lowest BCUT2D eigenvalue weighted by Crippen LogP contribution is -2.58. The summed E-state index contributed by atoms with van der Waals surface area (Å²) in [5.41, 5.74) is 1.03. The van der Waals surface area contributed by atoms with E-state index in [1.807, 2.05) is 0 Å². The van der Waals surface area contributed by atoms with Crippen molar-refractivity contribution in [1.29, 1.82) is 0 Å². The molecule has 128 valence electrons. The van der Waals surface area contributed by atoms with Crippen LogP contribution in [0.2, 0.25) is 5.02 Å². The Morgan fingerprint density at radius 3 is 2.40 bits per heavy atom. The van der Waals surface area contributed by atoms with Crippen LogP contribution in [0, 0.1) is 5.92 Å². The average molecular weight is 359 g/mol. The summed E-state index contributed by atoms with van der Waals surface area (Å²) in [5, 5.41) is 2.48. The van der Waals surface area contributed by atoms with Crippen molar-refractivity contribution in [2.24, 2.45) is 5.92 Å². The molecule has 1 aliphatic rings. The number of para-hydroxylation sites is 1. The van der Waals surface area contributed by atoms with Gasteiger partial charge in [0.25, 0.3) is 0 Å². The molecule has 0 spiro atoms. The highest BCUT2D eigenvalue weighted by Crippen LogP contribution is 2.29. The number of ether oxygens (including phenoxy) is 1. The maximum absolute atomic E-state index is 12.8. The third kappa shape index (κ3) is 3.34. The number of anilines is 1. The smallest absolute Gasteiger partial charge is 0.335 e. The number of hydrogen-bond donors (Lipinski definition) is 1. The molecule has 0 unspecified atom stereocenters. The zero-order valence-corrected chi connectivity index (χ0v) is 14.1. The van der Waals surface area contributed by atoms with Crippen molar-refractivity contribution < 1.29 is 19.1 Å². The summed E-state index contributed by atoms with van der Waals surface area (Å²) in [5.74, 6) is -1.55. The first kappa shape index (κ1) is 17.0. The van der Waals surface area contributed by atoms with E-state index >= 15 is 0 Å². The minimum absolute atomic E-state index is 0.170. The SMILES string of the molecule is COc1ccc(C[C@H]2C(=O)NC(=O)N(c3ccccc3Cl)C2=O)cc1. The van der Waals surface area contributed by atoms with Crippen molar-refractivity contribution in [3.63, 3.8) is 0 Å². The molecule has 2 aromatic rings. The van der Waals surface area contributed by atoms with E-state index in [0.717, 1.165) is 10.5 Å². The first-order valence-corrected chi connectivity index (χ1v) is 7.95. The summed E-state index contributed by atoms with van der Waals surface area (Å²) in [6.07, 6.45) is 0.170. The van der Waals surface area contributed by atoms with Crippen LogP contribution in [0.1, 0.15) is 5.56 Å². The number of hydrogen-bond acceptors (Lipinski definition) is 4. The van der Waals surface area contributed by atoms with Gasteiger partial charge in [0.05, 0.1) is 17.8 Å². The Bertz CT molecular complexity index is 835.